The standard InChI is InChI=1S/C18H28FN/c1-13-8-9-15(19)11-14(13)12-18(20)10-6-5-7-16(18)17(2,3)4/h8-9,11,16H,5-7,10,12,20H2,1-4H3. The molecule has 0 amide bonds. The lowest BCUT2D eigenvalue weighted by Crippen LogP contribution is -2.55. The molecule has 0 heterocycles. The average Bonchev–Trinajstić information content (AvgIpc) is 2.32. The van der Waals surface area contributed by atoms with Gasteiger partial charge in [-0.3, -0.25) is 0 Å². The van der Waals surface area contributed by atoms with Gasteiger partial charge in [0.05, 0.1) is 0 Å². The highest BCUT2D eigenvalue weighted by Gasteiger charge is 2.43. The molecule has 0 aliphatic heterocycles. The maximum absolute atomic E-state index is 13.5. The topological polar surface area (TPSA) is 26.0 Å². The maximum Gasteiger partial charge on any atom is 0.123 e. The Labute approximate surface area is 122 Å². The molecule has 1 saturated carbocycles. The minimum absolute atomic E-state index is 0.155. The first-order valence-corrected chi connectivity index (χ1v) is 7.76. The van der Waals surface area contributed by atoms with E-state index >= 15 is 0 Å². The molecule has 1 aromatic carbocycles. The molecule has 2 N–H and O–H groups in total. The summed E-state index contributed by atoms with van der Waals surface area (Å²) in [6.07, 6.45) is 5.48. The van der Waals surface area contributed by atoms with Crippen molar-refractivity contribution in [3.8, 4) is 0 Å². The Morgan fingerprint density at radius 2 is 2.00 bits per heavy atom. The average molecular weight is 277 g/mol. The fraction of sp³-hybridized carbons (Fsp3) is 0.667. The summed E-state index contributed by atoms with van der Waals surface area (Å²) in [5.74, 6) is 0.337. The van der Waals surface area contributed by atoms with Gasteiger partial charge in [0.2, 0.25) is 0 Å². The largest absolute Gasteiger partial charge is 0.325 e. The summed E-state index contributed by atoms with van der Waals surface area (Å²) in [7, 11) is 0. The lowest BCUT2D eigenvalue weighted by molar-refractivity contribution is 0.0791. The summed E-state index contributed by atoms with van der Waals surface area (Å²) in [4.78, 5) is 0. The summed E-state index contributed by atoms with van der Waals surface area (Å²) < 4.78 is 13.5. The van der Waals surface area contributed by atoms with Crippen molar-refractivity contribution in [1.82, 2.24) is 0 Å². The van der Waals surface area contributed by atoms with Crippen LogP contribution in [0, 0.1) is 24.1 Å². The molecule has 112 valence electrons. The monoisotopic (exact) mass is 277 g/mol. The summed E-state index contributed by atoms with van der Waals surface area (Å²) in [6, 6.07) is 5.06. The molecule has 20 heavy (non-hydrogen) atoms. The van der Waals surface area contributed by atoms with Crippen molar-refractivity contribution in [2.45, 2.75) is 65.3 Å². The number of hydrogen-bond donors (Lipinski definition) is 1. The Morgan fingerprint density at radius 3 is 2.65 bits per heavy atom. The van der Waals surface area contributed by atoms with Crippen LogP contribution in [0.4, 0.5) is 4.39 Å². The van der Waals surface area contributed by atoms with Crippen LogP contribution in [-0.2, 0) is 6.42 Å². The zero-order valence-electron chi connectivity index (χ0n) is 13.3. The molecule has 1 aliphatic carbocycles. The number of hydrogen-bond acceptors (Lipinski definition) is 1. The van der Waals surface area contributed by atoms with Crippen molar-refractivity contribution in [2.24, 2.45) is 17.1 Å². The molecule has 2 rings (SSSR count). The van der Waals surface area contributed by atoms with Crippen molar-refractivity contribution >= 4 is 0 Å². The van der Waals surface area contributed by atoms with Gasteiger partial charge in [-0.15, -0.1) is 0 Å². The van der Waals surface area contributed by atoms with Gasteiger partial charge in [-0.1, -0.05) is 39.7 Å². The second-order valence-electron chi connectivity index (χ2n) is 7.65. The molecular weight excluding hydrogens is 249 g/mol. The van der Waals surface area contributed by atoms with Gasteiger partial charge in [-0.05, 0) is 60.8 Å². The molecule has 0 spiro atoms. The van der Waals surface area contributed by atoms with E-state index < -0.39 is 0 Å². The second-order valence-corrected chi connectivity index (χ2v) is 7.65. The molecule has 0 radical (unpaired) electrons. The van der Waals surface area contributed by atoms with Crippen LogP contribution in [-0.4, -0.2) is 5.54 Å². The van der Waals surface area contributed by atoms with Crippen molar-refractivity contribution < 1.29 is 4.39 Å². The van der Waals surface area contributed by atoms with Gasteiger partial charge in [0, 0.05) is 5.54 Å². The third-order valence-electron chi connectivity index (χ3n) is 4.96. The first kappa shape index (κ1) is 15.5. The molecule has 1 nitrogen and oxygen atoms in total. The van der Waals surface area contributed by atoms with E-state index in [4.69, 9.17) is 5.73 Å². The number of nitrogens with two attached hydrogens (primary N) is 1. The van der Waals surface area contributed by atoms with Gasteiger partial charge in [0.25, 0.3) is 0 Å². The number of rotatable bonds is 2. The van der Waals surface area contributed by atoms with E-state index in [1.54, 1.807) is 6.07 Å². The maximum atomic E-state index is 13.5. The summed E-state index contributed by atoms with van der Waals surface area (Å²) in [5.41, 5.74) is 9.04. The molecule has 0 aromatic heterocycles. The minimum Gasteiger partial charge on any atom is -0.325 e. The van der Waals surface area contributed by atoms with E-state index in [9.17, 15) is 4.39 Å². The van der Waals surface area contributed by atoms with E-state index in [1.165, 1.54) is 25.3 Å². The fourth-order valence-corrected chi connectivity index (χ4v) is 3.96. The van der Waals surface area contributed by atoms with Gasteiger partial charge in [-0.2, -0.15) is 0 Å². The first-order chi connectivity index (χ1) is 9.22. The van der Waals surface area contributed by atoms with Crippen molar-refractivity contribution in [3.63, 3.8) is 0 Å². The van der Waals surface area contributed by atoms with Gasteiger partial charge < -0.3 is 5.73 Å². The van der Waals surface area contributed by atoms with Crippen molar-refractivity contribution in [3.05, 3.63) is 35.1 Å². The summed E-state index contributed by atoms with van der Waals surface area (Å²) in [6.45, 7) is 8.89. The number of benzene rings is 1. The molecule has 0 saturated heterocycles. The Hall–Kier alpha value is -0.890. The van der Waals surface area contributed by atoms with Gasteiger partial charge in [0.15, 0.2) is 0 Å². The normalized spacial score (nSPS) is 27.6. The third-order valence-corrected chi connectivity index (χ3v) is 4.96. The van der Waals surface area contributed by atoms with E-state index in [1.807, 2.05) is 13.0 Å². The third kappa shape index (κ3) is 3.22. The van der Waals surface area contributed by atoms with E-state index in [0.29, 0.717) is 5.92 Å². The Morgan fingerprint density at radius 1 is 1.30 bits per heavy atom. The Bertz CT molecular complexity index is 475. The zero-order chi connectivity index (χ0) is 15.0. The highest BCUT2D eigenvalue weighted by Crippen LogP contribution is 2.44. The molecule has 2 unspecified atom stereocenters. The SMILES string of the molecule is Cc1ccc(F)cc1CC1(N)CCCCC1C(C)(C)C. The summed E-state index contributed by atoms with van der Waals surface area (Å²) >= 11 is 0. The van der Waals surface area contributed by atoms with Gasteiger partial charge >= 0.3 is 0 Å². The van der Waals surface area contributed by atoms with Crippen LogP contribution in [0.5, 0.6) is 0 Å². The van der Waals surface area contributed by atoms with Crippen LogP contribution < -0.4 is 5.73 Å². The number of halogens is 1. The Balaban J connectivity index is 2.30. The van der Waals surface area contributed by atoms with Crippen LogP contribution in [0.25, 0.3) is 0 Å². The van der Waals surface area contributed by atoms with E-state index in [-0.39, 0.29) is 16.8 Å². The predicted molar refractivity (Wildman–Crippen MR) is 83.2 cm³/mol. The molecule has 2 atom stereocenters. The number of aryl methyl sites for hydroxylation is 1. The molecule has 1 fully saturated rings. The molecule has 1 aliphatic rings. The predicted octanol–water partition coefficient (Wildman–Crippen LogP) is 4.61. The van der Waals surface area contributed by atoms with Crippen LogP contribution in [0.15, 0.2) is 18.2 Å². The van der Waals surface area contributed by atoms with Crippen LogP contribution in [0.2, 0.25) is 0 Å². The van der Waals surface area contributed by atoms with Crippen LogP contribution in [0.3, 0.4) is 0 Å². The highest BCUT2D eigenvalue weighted by atomic mass is 19.1. The van der Waals surface area contributed by atoms with Crippen molar-refractivity contribution in [2.75, 3.05) is 0 Å². The quantitative estimate of drug-likeness (QED) is 0.839. The molecule has 2 heteroatoms. The molecule has 0 bridgehead atoms. The lowest BCUT2D eigenvalue weighted by atomic mass is 9.60. The van der Waals surface area contributed by atoms with Crippen molar-refractivity contribution in [1.29, 1.82) is 0 Å². The second kappa shape index (κ2) is 5.48. The van der Waals surface area contributed by atoms with Crippen LogP contribution >= 0.6 is 0 Å². The lowest BCUT2D eigenvalue weighted by Gasteiger charge is -2.48. The summed E-state index contributed by atoms with van der Waals surface area (Å²) in [5, 5.41) is 0. The Kier molecular flexibility index (Phi) is 4.24. The van der Waals surface area contributed by atoms with E-state index in [2.05, 4.69) is 20.8 Å². The highest BCUT2D eigenvalue weighted by molar-refractivity contribution is 5.29. The van der Waals surface area contributed by atoms with Crippen LogP contribution in [0.1, 0.15) is 57.6 Å². The van der Waals surface area contributed by atoms with Gasteiger partial charge in [-0.25, -0.2) is 4.39 Å². The molecule has 1 aromatic rings. The smallest absolute Gasteiger partial charge is 0.123 e. The van der Waals surface area contributed by atoms with E-state index in [0.717, 1.165) is 24.0 Å². The fourth-order valence-electron chi connectivity index (χ4n) is 3.96. The minimum atomic E-state index is -0.199. The van der Waals surface area contributed by atoms with Gasteiger partial charge in [0.1, 0.15) is 5.82 Å². The molecular formula is C18H28FN. The first-order valence-electron chi connectivity index (χ1n) is 7.76. The zero-order valence-corrected chi connectivity index (χ0v) is 13.3.